The minimum Gasteiger partial charge on any atom is -0.365 e. The summed E-state index contributed by atoms with van der Waals surface area (Å²) < 4.78 is 1.88. The molecule has 2 aliphatic rings. The molecule has 1 fully saturated rings. The van der Waals surface area contributed by atoms with Crippen LogP contribution >= 0.6 is 0 Å². The number of rotatable bonds is 4. The first-order valence-electron chi connectivity index (χ1n) is 9.66. The zero-order chi connectivity index (χ0) is 18.3. The third-order valence-corrected chi connectivity index (χ3v) is 5.94. The fourth-order valence-electron chi connectivity index (χ4n) is 4.76. The minimum absolute atomic E-state index is 0.146. The molecule has 5 nitrogen and oxygen atoms in total. The van der Waals surface area contributed by atoms with Gasteiger partial charge in [-0.25, -0.2) is 0 Å². The van der Waals surface area contributed by atoms with Crippen LogP contribution in [0.2, 0.25) is 0 Å². The zero-order valence-electron chi connectivity index (χ0n) is 15.8. The SMILES string of the molecule is Cn1cc(CN2CC[C@]3(C2)CN(Cc2ccccc2)c2cccnc23)cn1. The largest absolute Gasteiger partial charge is 0.365 e. The molecule has 138 valence electrons. The van der Waals surface area contributed by atoms with E-state index in [1.165, 1.54) is 28.9 Å². The highest BCUT2D eigenvalue weighted by Crippen LogP contribution is 2.45. The lowest BCUT2D eigenvalue weighted by molar-refractivity contribution is 0.305. The van der Waals surface area contributed by atoms with Gasteiger partial charge in [-0.2, -0.15) is 5.10 Å². The van der Waals surface area contributed by atoms with E-state index in [0.29, 0.717) is 0 Å². The summed E-state index contributed by atoms with van der Waals surface area (Å²) >= 11 is 0. The van der Waals surface area contributed by atoms with Crippen LogP contribution in [-0.4, -0.2) is 39.3 Å². The summed E-state index contributed by atoms with van der Waals surface area (Å²) in [6.45, 7) is 5.15. The Morgan fingerprint density at radius 3 is 2.70 bits per heavy atom. The maximum atomic E-state index is 4.85. The van der Waals surface area contributed by atoms with Gasteiger partial charge in [0.15, 0.2) is 0 Å². The van der Waals surface area contributed by atoms with Gasteiger partial charge in [-0.1, -0.05) is 30.3 Å². The molecule has 0 aliphatic carbocycles. The van der Waals surface area contributed by atoms with E-state index in [-0.39, 0.29) is 5.41 Å². The molecule has 0 unspecified atom stereocenters. The molecule has 2 aliphatic heterocycles. The topological polar surface area (TPSA) is 37.2 Å². The molecule has 0 bridgehead atoms. The van der Waals surface area contributed by atoms with Crippen LogP contribution in [-0.2, 0) is 25.6 Å². The van der Waals surface area contributed by atoms with E-state index in [2.05, 4.69) is 63.6 Å². The Bertz CT molecular complexity index is 935. The Morgan fingerprint density at radius 2 is 1.89 bits per heavy atom. The van der Waals surface area contributed by atoms with Crippen LogP contribution in [0.5, 0.6) is 0 Å². The maximum Gasteiger partial charge on any atom is 0.0729 e. The first-order valence-corrected chi connectivity index (χ1v) is 9.66. The van der Waals surface area contributed by atoms with Crippen molar-refractivity contribution in [1.29, 1.82) is 0 Å². The molecule has 27 heavy (non-hydrogen) atoms. The molecule has 0 amide bonds. The van der Waals surface area contributed by atoms with Crippen LogP contribution in [0.25, 0.3) is 0 Å². The second-order valence-corrected chi connectivity index (χ2v) is 7.98. The summed E-state index contributed by atoms with van der Waals surface area (Å²) in [5, 5.41) is 4.31. The van der Waals surface area contributed by atoms with E-state index in [0.717, 1.165) is 32.7 Å². The number of pyridine rings is 1. The molecule has 1 aromatic carbocycles. The van der Waals surface area contributed by atoms with Crippen molar-refractivity contribution in [3.63, 3.8) is 0 Å². The smallest absolute Gasteiger partial charge is 0.0729 e. The van der Waals surface area contributed by atoms with Gasteiger partial charge in [0.25, 0.3) is 0 Å². The van der Waals surface area contributed by atoms with Gasteiger partial charge in [0.1, 0.15) is 0 Å². The molecule has 0 saturated carbocycles. The lowest BCUT2D eigenvalue weighted by Crippen LogP contribution is -2.36. The molecule has 0 radical (unpaired) electrons. The normalized spacial score (nSPS) is 21.9. The summed E-state index contributed by atoms with van der Waals surface area (Å²) in [4.78, 5) is 9.92. The van der Waals surface area contributed by atoms with Crippen molar-refractivity contribution in [3.8, 4) is 0 Å². The van der Waals surface area contributed by atoms with Crippen molar-refractivity contribution in [3.05, 3.63) is 77.9 Å². The molecular weight excluding hydrogens is 334 g/mol. The van der Waals surface area contributed by atoms with Gasteiger partial charge in [0, 0.05) is 56.6 Å². The average molecular weight is 359 g/mol. The van der Waals surface area contributed by atoms with Crippen LogP contribution in [0.1, 0.15) is 23.2 Å². The van der Waals surface area contributed by atoms with E-state index in [1.807, 2.05) is 24.1 Å². The van der Waals surface area contributed by atoms with Crippen molar-refractivity contribution in [2.75, 3.05) is 24.5 Å². The fourth-order valence-corrected chi connectivity index (χ4v) is 4.76. The Labute approximate surface area is 160 Å². The zero-order valence-corrected chi connectivity index (χ0v) is 15.8. The van der Waals surface area contributed by atoms with Crippen LogP contribution in [0.3, 0.4) is 0 Å². The first-order chi connectivity index (χ1) is 13.2. The molecule has 1 saturated heterocycles. The third-order valence-electron chi connectivity index (χ3n) is 5.94. The van der Waals surface area contributed by atoms with Gasteiger partial charge >= 0.3 is 0 Å². The second-order valence-electron chi connectivity index (χ2n) is 7.98. The van der Waals surface area contributed by atoms with Gasteiger partial charge in [-0.15, -0.1) is 0 Å². The van der Waals surface area contributed by atoms with Crippen molar-refractivity contribution in [1.82, 2.24) is 19.7 Å². The quantitative estimate of drug-likeness (QED) is 0.718. The van der Waals surface area contributed by atoms with Gasteiger partial charge in [-0.3, -0.25) is 14.6 Å². The summed E-state index contributed by atoms with van der Waals surface area (Å²) in [5.41, 5.74) is 5.39. The molecule has 5 rings (SSSR count). The van der Waals surface area contributed by atoms with Crippen LogP contribution in [0.15, 0.2) is 61.1 Å². The van der Waals surface area contributed by atoms with E-state index in [4.69, 9.17) is 4.98 Å². The number of nitrogens with zero attached hydrogens (tertiary/aromatic N) is 5. The van der Waals surface area contributed by atoms with E-state index < -0.39 is 0 Å². The Hall–Kier alpha value is -2.66. The van der Waals surface area contributed by atoms with Crippen LogP contribution in [0, 0.1) is 0 Å². The number of fused-ring (bicyclic) bond motifs is 2. The highest BCUT2D eigenvalue weighted by atomic mass is 15.3. The third kappa shape index (κ3) is 3.02. The average Bonchev–Trinajstić information content (AvgIpc) is 3.36. The predicted molar refractivity (Wildman–Crippen MR) is 107 cm³/mol. The van der Waals surface area contributed by atoms with Gasteiger partial charge in [0.05, 0.1) is 17.6 Å². The molecule has 5 heteroatoms. The lowest BCUT2D eigenvalue weighted by Gasteiger charge is -2.26. The number of benzene rings is 1. The molecule has 2 aromatic heterocycles. The molecule has 1 spiro atoms. The van der Waals surface area contributed by atoms with Crippen molar-refractivity contribution in [2.45, 2.75) is 24.9 Å². The Morgan fingerprint density at radius 1 is 1.00 bits per heavy atom. The highest BCUT2D eigenvalue weighted by Gasteiger charge is 2.48. The summed E-state index contributed by atoms with van der Waals surface area (Å²) in [6.07, 6.45) is 7.22. The van der Waals surface area contributed by atoms with Gasteiger partial charge < -0.3 is 4.90 Å². The highest BCUT2D eigenvalue weighted by molar-refractivity contribution is 5.60. The number of anilines is 1. The second kappa shape index (κ2) is 6.50. The van der Waals surface area contributed by atoms with Crippen molar-refractivity contribution >= 4 is 5.69 Å². The first kappa shape index (κ1) is 16.5. The number of hydrogen-bond donors (Lipinski definition) is 0. The number of hydrogen-bond acceptors (Lipinski definition) is 4. The summed E-state index contributed by atoms with van der Waals surface area (Å²) in [6, 6.07) is 15.1. The Balaban J connectivity index is 1.38. The maximum absolute atomic E-state index is 4.85. The Kier molecular flexibility index (Phi) is 3.97. The summed E-state index contributed by atoms with van der Waals surface area (Å²) in [5.74, 6) is 0. The van der Waals surface area contributed by atoms with Gasteiger partial charge in [0.2, 0.25) is 0 Å². The van der Waals surface area contributed by atoms with Crippen LogP contribution < -0.4 is 4.90 Å². The van der Waals surface area contributed by atoms with E-state index in [1.54, 1.807) is 0 Å². The summed E-state index contributed by atoms with van der Waals surface area (Å²) in [7, 11) is 1.98. The standard InChI is InChI=1S/C22H25N5/c1-25-13-19(12-24-25)14-26-11-9-22(16-26)17-27(15-18-6-3-2-4-7-18)20-8-5-10-23-21(20)22/h2-8,10,12-13H,9,11,14-17H2,1H3/t22-/m0/s1. The molecule has 3 aromatic rings. The van der Waals surface area contributed by atoms with Crippen LogP contribution in [0.4, 0.5) is 5.69 Å². The predicted octanol–water partition coefficient (Wildman–Crippen LogP) is 2.98. The van der Waals surface area contributed by atoms with Crippen molar-refractivity contribution < 1.29 is 0 Å². The number of likely N-dealkylation sites (tertiary alicyclic amines) is 1. The number of aryl methyl sites for hydroxylation is 1. The van der Waals surface area contributed by atoms with Crippen molar-refractivity contribution in [2.24, 2.45) is 7.05 Å². The van der Waals surface area contributed by atoms with E-state index in [9.17, 15) is 0 Å². The van der Waals surface area contributed by atoms with E-state index >= 15 is 0 Å². The molecule has 0 N–H and O–H groups in total. The monoisotopic (exact) mass is 359 g/mol. The molecular formula is C22H25N5. The minimum atomic E-state index is 0.146. The lowest BCUT2D eigenvalue weighted by atomic mass is 9.85. The fraction of sp³-hybridized carbons (Fsp3) is 0.364. The molecule has 1 atom stereocenters. The number of aromatic nitrogens is 3. The molecule has 4 heterocycles. The van der Waals surface area contributed by atoms with Gasteiger partial charge in [-0.05, 0) is 30.7 Å².